The van der Waals surface area contributed by atoms with Gasteiger partial charge in [0.25, 0.3) is 0 Å². The molecule has 0 rings (SSSR count). The zero-order chi connectivity index (χ0) is 40.3. The predicted molar refractivity (Wildman–Crippen MR) is 163 cm³/mol. The summed E-state index contributed by atoms with van der Waals surface area (Å²) in [5, 5.41) is 73.3. The van der Waals surface area contributed by atoms with Crippen LogP contribution in [-0.2, 0) is 57.5 Å². The molecule has 0 heterocycles. The molecule has 14 N–H and O–H groups in total. The maximum Gasteiger partial charge on any atom is 0.326 e. The normalized spacial score (nSPS) is 14.0. The Morgan fingerprint density at radius 3 is 0.942 bits per heavy atom. The monoisotopic (exact) mass is 750 g/mol. The number of amides is 5. The molecule has 0 saturated heterocycles. The van der Waals surface area contributed by atoms with E-state index in [1.165, 1.54) is 0 Å². The van der Waals surface area contributed by atoms with Crippen LogP contribution in [0.15, 0.2) is 0 Å². The summed E-state index contributed by atoms with van der Waals surface area (Å²) in [4.78, 5) is 143. The Morgan fingerprint density at radius 2 is 0.635 bits per heavy atom. The van der Waals surface area contributed by atoms with Gasteiger partial charge in [0.1, 0.15) is 30.2 Å². The van der Waals surface area contributed by atoms with Crippen molar-refractivity contribution in [3.8, 4) is 0 Å². The molecule has 5 amide bonds. The largest absolute Gasteiger partial charge is 0.481 e. The molecular weight excluding hydrogens is 712 g/mol. The number of carbonyl (C=O) groups excluding carboxylic acids is 5. The molecule has 25 nitrogen and oxygen atoms in total. The molecule has 52 heavy (non-hydrogen) atoms. The second-order valence-electron chi connectivity index (χ2n) is 10.8. The quantitative estimate of drug-likeness (QED) is 0.0393. The van der Waals surface area contributed by atoms with Crippen LogP contribution < -0.4 is 32.3 Å². The van der Waals surface area contributed by atoms with E-state index < -0.39 is 165 Å². The van der Waals surface area contributed by atoms with Gasteiger partial charge >= 0.3 is 41.8 Å². The summed E-state index contributed by atoms with van der Waals surface area (Å²) in [5.74, 6) is -18.1. The Hall–Kier alpha value is -6.40. The van der Waals surface area contributed by atoms with Crippen molar-refractivity contribution in [1.82, 2.24) is 26.6 Å². The smallest absolute Gasteiger partial charge is 0.326 e. The SMILES string of the molecule is N[C@@H](CC(=O)O)C(=O)N[C@@H](CCC(=O)O)C(=O)N[C@@H](CC(=O)O)C(=O)N[C@@H](CCC(=O)O)C(=O)N[C@@H](CC(=O)O)C(=O)N[C@@H](CCC(=O)O)C(=O)O. The molecule has 0 bridgehead atoms. The molecule has 0 aromatic carbocycles. The Morgan fingerprint density at radius 1 is 0.365 bits per heavy atom. The first kappa shape index (κ1) is 45.6. The van der Waals surface area contributed by atoms with Gasteiger partial charge in [-0.1, -0.05) is 0 Å². The van der Waals surface area contributed by atoms with E-state index in [4.69, 9.17) is 26.2 Å². The number of aliphatic carboxylic acids is 7. The van der Waals surface area contributed by atoms with Gasteiger partial charge in [-0.05, 0) is 19.3 Å². The molecule has 25 heteroatoms. The molecule has 0 aliphatic carbocycles. The second-order valence-corrected chi connectivity index (χ2v) is 10.8. The lowest BCUT2D eigenvalue weighted by Crippen LogP contribution is -2.59. The minimum Gasteiger partial charge on any atom is -0.481 e. The molecule has 0 unspecified atom stereocenters. The van der Waals surface area contributed by atoms with Crippen molar-refractivity contribution >= 4 is 71.3 Å². The van der Waals surface area contributed by atoms with Gasteiger partial charge in [0.05, 0.1) is 25.3 Å². The zero-order valence-corrected chi connectivity index (χ0v) is 26.9. The fraction of sp³-hybridized carbons (Fsp3) is 0.556. The van der Waals surface area contributed by atoms with Gasteiger partial charge in [-0.2, -0.15) is 0 Å². The highest BCUT2D eigenvalue weighted by molar-refractivity contribution is 5.98. The lowest BCUT2D eigenvalue weighted by Gasteiger charge is -2.26. The summed E-state index contributed by atoms with van der Waals surface area (Å²) in [7, 11) is 0. The van der Waals surface area contributed by atoms with E-state index in [0.717, 1.165) is 0 Å². The molecular formula is C27H38N6O19. The first-order valence-electron chi connectivity index (χ1n) is 14.8. The second kappa shape index (κ2) is 22.3. The number of carbonyl (C=O) groups is 12. The first-order chi connectivity index (χ1) is 24.0. The third kappa shape index (κ3) is 19.0. The number of hydrogen-bond acceptors (Lipinski definition) is 13. The van der Waals surface area contributed by atoms with E-state index in [0.29, 0.717) is 0 Å². The van der Waals surface area contributed by atoms with Crippen LogP contribution in [0, 0.1) is 0 Å². The van der Waals surface area contributed by atoms with E-state index in [2.05, 4.69) is 0 Å². The summed E-state index contributed by atoms with van der Waals surface area (Å²) >= 11 is 0. The molecule has 6 atom stereocenters. The number of carboxylic acids is 7. The molecule has 0 aromatic heterocycles. The Bertz CT molecular complexity index is 1420. The Kier molecular flexibility index (Phi) is 19.6. The van der Waals surface area contributed by atoms with Crippen molar-refractivity contribution in [3.63, 3.8) is 0 Å². The number of rotatable bonds is 26. The van der Waals surface area contributed by atoms with Gasteiger partial charge in [0, 0.05) is 19.3 Å². The first-order valence-corrected chi connectivity index (χ1v) is 14.8. The Labute approximate surface area is 291 Å². The van der Waals surface area contributed by atoms with E-state index in [1.54, 1.807) is 0 Å². The summed E-state index contributed by atoms with van der Waals surface area (Å²) in [6.45, 7) is 0. The van der Waals surface area contributed by atoms with Gasteiger partial charge in [-0.3, -0.25) is 52.7 Å². The van der Waals surface area contributed by atoms with Gasteiger partial charge in [-0.15, -0.1) is 0 Å². The molecule has 0 radical (unpaired) electrons. The Balaban J connectivity index is 6.30. The van der Waals surface area contributed by atoms with E-state index in [1.807, 2.05) is 26.6 Å². The number of nitrogens with one attached hydrogen (secondary N) is 5. The number of nitrogens with two attached hydrogens (primary N) is 1. The third-order valence-corrected chi connectivity index (χ3v) is 6.58. The number of carboxylic acid groups (broad SMARTS) is 7. The van der Waals surface area contributed by atoms with Crippen molar-refractivity contribution in [2.75, 3.05) is 0 Å². The van der Waals surface area contributed by atoms with Gasteiger partial charge < -0.3 is 68.1 Å². The third-order valence-electron chi connectivity index (χ3n) is 6.58. The van der Waals surface area contributed by atoms with Crippen LogP contribution in [0.5, 0.6) is 0 Å². The molecule has 0 aliphatic rings. The van der Waals surface area contributed by atoms with Gasteiger partial charge in [0.15, 0.2) is 0 Å². The topological polar surface area (TPSA) is 433 Å². The predicted octanol–water partition coefficient (Wildman–Crippen LogP) is -5.16. The summed E-state index contributed by atoms with van der Waals surface area (Å²) in [5.41, 5.74) is 5.44. The molecule has 0 saturated carbocycles. The summed E-state index contributed by atoms with van der Waals surface area (Å²) in [6.07, 6.45) is -7.88. The van der Waals surface area contributed by atoms with Crippen LogP contribution in [0.3, 0.4) is 0 Å². The van der Waals surface area contributed by atoms with E-state index in [-0.39, 0.29) is 0 Å². The summed E-state index contributed by atoms with van der Waals surface area (Å²) < 4.78 is 0. The minimum atomic E-state index is -2.13. The minimum absolute atomic E-state index is 0.659. The lowest BCUT2D eigenvalue weighted by atomic mass is 10.1. The summed E-state index contributed by atoms with van der Waals surface area (Å²) in [6, 6.07) is -11.7. The van der Waals surface area contributed by atoms with Gasteiger partial charge in [-0.25, -0.2) is 4.79 Å². The van der Waals surface area contributed by atoms with Crippen molar-refractivity contribution in [3.05, 3.63) is 0 Å². The van der Waals surface area contributed by atoms with Crippen molar-refractivity contribution < 1.29 is 93.3 Å². The van der Waals surface area contributed by atoms with Crippen LogP contribution in [-0.4, -0.2) is 143 Å². The highest BCUT2D eigenvalue weighted by Gasteiger charge is 2.35. The van der Waals surface area contributed by atoms with Crippen molar-refractivity contribution in [1.29, 1.82) is 0 Å². The van der Waals surface area contributed by atoms with Gasteiger partial charge in [0.2, 0.25) is 29.5 Å². The fourth-order valence-electron chi connectivity index (χ4n) is 4.02. The zero-order valence-electron chi connectivity index (χ0n) is 26.9. The van der Waals surface area contributed by atoms with Crippen LogP contribution in [0.1, 0.15) is 57.8 Å². The maximum absolute atomic E-state index is 13.2. The highest BCUT2D eigenvalue weighted by Crippen LogP contribution is 2.07. The fourth-order valence-corrected chi connectivity index (χ4v) is 4.02. The van der Waals surface area contributed by atoms with Crippen LogP contribution in [0.4, 0.5) is 0 Å². The lowest BCUT2D eigenvalue weighted by molar-refractivity contribution is -0.144. The molecule has 0 spiro atoms. The average molecular weight is 751 g/mol. The molecule has 0 fully saturated rings. The van der Waals surface area contributed by atoms with E-state index in [9.17, 15) is 72.9 Å². The standard InChI is InChI=1S/C27H38N6O19/c28-10(7-19(40)41)22(46)29-11(1-4-16(34)35)23(47)32-14(8-20(42)43)25(49)30-12(2-5-17(36)37)24(48)33-15(9-21(44)45)26(50)31-13(27(51)52)3-6-18(38)39/h10-15H,1-9,28H2,(H,29,46)(H,30,49)(H,31,50)(H,32,47)(H,33,48)(H,34,35)(H,36,37)(H,38,39)(H,40,41)(H,42,43)(H,44,45)(H,51,52)/t10-,11-,12-,13-,14-,15-/m0/s1. The van der Waals surface area contributed by atoms with E-state index >= 15 is 0 Å². The molecule has 290 valence electrons. The van der Waals surface area contributed by atoms with Crippen molar-refractivity contribution in [2.45, 2.75) is 94.0 Å². The van der Waals surface area contributed by atoms with Crippen LogP contribution >= 0.6 is 0 Å². The average Bonchev–Trinajstić information content (AvgIpc) is 3.00. The van der Waals surface area contributed by atoms with Crippen molar-refractivity contribution in [2.24, 2.45) is 5.73 Å². The number of hydrogen-bond donors (Lipinski definition) is 13. The maximum atomic E-state index is 13.2. The highest BCUT2D eigenvalue weighted by atomic mass is 16.4. The van der Waals surface area contributed by atoms with Crippen LogP contribution in [0.2, 0.25) is 0 Å². The molecule has 0 aliphatic heterocycles. The molecule has 0 aromatic rings. The van der Waals surface area contributed by atoms with Crippen LogP contribution in [0.25, 0.3) is 0 Å².